The summed E-state index contributed by atoms with van der Waals surface area (Å²) in [6.45, 7) is 1.76. The van der Waals surface area contributed by atoms with Gasteiger partial charge in [-0.25, -0.2) is 0 Å². The van der Waals surface area contributed by atoms with Gasteiger partial charge in [0.2, 0.25) is 0 Å². The third-order valence-corrected chi connectivity index (χ3v) is 4.97. The van der Waals surface area contributed by atoms with Gasteiger partial charge in [0.1, 0.15) is 11.7 Å². The van der Waals surface area contributed by atoms with E-state index in [1.54, 1.807) is 37.3 Å². The summed E-state index contributed by atoms with van der Waals surface area (Å²) in [7, 11) is 4.44. The van der Waals surface area contributed by atoms with Crippen LogP contribution in [0.3, 0.4) is 0 Å². The van der Waals surface area contributed by atoms with Crippen molar-refractivity contribution in [3.8, 4) is 17.2 Å². The van der Waals surface area contributed by atoms with E-state index in [0.717, 1.165) is 0 Å². The fourth-order valence-electron chi connectivity index (χ4n) is 3.57. The molecule has 0 heterocycles. The number of carbonyl (C=O) groups excluding carboxylic acids is 3. The molecule has 0 saturated heterocycles. The number of methoxy groups -OCH3 is 3. The summed E-state index contributed by atoms with van der Waals surface area (Å²) in [5, 5.41) is 0. The minimum Gasteiger partial charge on any atom is -0.497 e. The highest BCUT2D eigenvalue weighted by atomic mass is 16.5. The van der Waals surface area contributed by atoms with Gasteiger partial charge in [0.05, 0.1) is 33.9 Å². The lowest BCUT2D eigenvalue weighted by Gasteiger charge is -2.18. The molecular weight excluding hydrogens is 376 g/mol. The predicted molar refractivity (Wildman–Crippen MR) is 104 cm³/mol. The highest BCUT2D eigenvalue weighted by Crippen LogP contribution is 2.45. The molecule has 29 heavy (non-hydrogen) atoms. The van der Waals surface area contributed by atoms with Crippen molar-refractivity contribution in [1.29, 1.82) is 0 Å². The zero-order valence-electron chi connectivity index (χ0n) is 16.7. The second kappa shape index (κ2) is 8.34. The first kappa shape index (κ1) is 20.4. The maximum atomic E-state index is 13.4. The molecule has 0 amide bonds. The van der Waals surface area contributed by atoms with Crippen molar-refractivity contribution in [2.75, 3.05) is 27.9 Å². The molecular formula is C22H22O7. The van der Waals surface area contributed by atoms with Gasteiger partial charge < -0.3 is 18.9 Å². The molecule has 7 nitrogen and oxygen atoms in total. The molecule has 0 aliphatic heterocycles. The number of carbonyl (C=O) groups is 3. The smallest absolute Gasteiger partial charge is 0.317 e. The van der Waals surface area contributed by atoms with Gasteiger partial charge in [-0.1, -0.05) is 0 Å². The van der Waals surface area contributed by atoms with Crippen molar-refractivity contribution in [2.45, 2.75) is 12.8 Å². The Morgan fingerprint density at radius 1 is 0.897 bits per heavy atom. The number of esters is 1. The Morgan fingerprint density at radius 2 is 1.52 bits per heavy atom. The molecule has 0 aromatic heterocycles. The SMILES string of the molecule is CCOC(=O)[C@@H]1C(=O)c2cc(OC)c(OC)cc2[C@H]1C(=O)c1ccc(OC)cc1. The molecule has 0 unspecified atom stereocenters. The van der Waals surface area contributed by atoms with Crippen LogP contribution in [0.25, 0.3) is 0 Å². The molecule has 0 spiro atoms. The lowest BCUT2D eigenvalue weighted by atomic mass is 9.85. The molecule has 1 aliphatic rings. The second-order valence-electron chi connectivity index (χ2n) is 6.46. The Balaban J connectivity index is 2.13. The molecule has 0 saturated carbocycles. The molecule has 2 aromatic carbocycles. The van der Waals surface area contributed by atoms with Crippen molar-refractivity contribution in [2.24, 2.45) is 5.92 Å². The lowest BCUT2D eigenvalue weighted by molar-refractivity contribution is -0.146. The molecule has 1 aliphatic carbocycles. The van der Waals surface area contributed by atoms with Crippen LogP contribution in [0.4, 0.5) is 0 Å². The summed E-state index contributed by atoms with van der Waals surface area (Å²) in [5.74, 6) is -2.50. The van der Waals surface area contributed by atoms with E-state index in [4.69, 9.17) is 18.9 Å². The molecule has 0 fully saturated rings. The van der Waals surface area contributed by atoms with Crippen molar-refractivity contribution < 1.29 is 33.3 Å². The Labute approximate surface area is 168 Å². The number of hydrogen-bond donors (Lipinski definition) is 0. The van der Waals surface area contributed by atoms with Crippen LogP contribution < -0.4 is 14.2 Å². The third kappa shape index (κ3) is 3.55. The zero-order chi connectivity index (χ0) is 21.1. The van der Waals surface area contributed by atoms with Gasteiger partial charge in [-0.15, -0.1) is 0 Å². The number of benzene rings is 2. The van der Waals surface area contributed by atoms with Crippen LogP contribution in [-0.4, -0.2) is 45.5 Å². The Hall–Kier alpha value is -3.35. The van der Waals surface area contributed by atoms with Crippen LogP contribution in [0.15, 0.2) is 36.4 Å². The van der Waals surface area contributed by atoms with Crippen LogP contribution in [0.5, 0.6) is 17.2 Å². The van der Waals surface area contributed by atoms with Crippen LogP contribution in [-0.2, 0) is 9.53 Å². The van der Waals surface area contributed by atoms with Gasteiger partial charge in [-0.05, 0) is 48.9 Å². The van der Waals surface area contributed by atoms with Crippen LogP contribution in [0, 0.1) is 5.92 Å². The minimum absolute atomic E-state index is 0.106. The number of fused-ring (bicyclic) bond motifs is 1. The molecule has 2 aromatic rings. The van der Waals surface area contributed by atoms with Crippen molar-refractivity contribution in [3.63, 3.8) is 0 Å². The third-order valence-electron chi connectivity index (χ3n) is 4.97. The van der Waals surface area contributed by atoms with E-state index in [9.17, 15) is 14.4 Å². The maximum absolute atomic E-state index is 13.4. The van der Waals surface area contributed by atoms with Gasteiger partial charge in [0, 0.05) is 11.1 Å². The Bertz CT molecular complexity index is 946. The monoisotopic (exact) mass is 398 g/mol. The Kier molecular flexibility index (Phi) is 5.87. The van der Waals surface area contributed by atoms with E-state index in [2.05, 4.69) is 0 Å². The number of rotatable bonds is 7. The van der Waals surface area contributed by atoms with Crippen molar-refractivity contribution in [1.82, 2.24) is 0 Å². The van der Waals surface area contributed by atoms with Gasteiger partial charge in [0.25, 0.3) is 0 Å². The molecule has 7 heteroatoms. The summed E-state index contributed by atoms with van der Waals surface area (Å²) in [5.41, 5.74) is 1.04. The first-order valence-electron chi connectivity index (χ1n) is 9.11. The number of ketones is 2. The molecule has 0 bridgehead atoms. The quantitative estimate of drug-likeness (QED) is 0.402. The van der Waals surface area contributed by atoms with E-state index < -0.39 is 23.6 Å². The topological polar surface area (TPSA) is 88.1 Å². The number of hydrogen-bond acceptors (Lipinski definition) is 7. The summed E-state index contributed by atoms with van der Waals surface area (Å²) in [4.78, 5) is 39.0. The average molecular weight is 398 g/mol. The largest absolute Gasteiger partial charge is 0.497 e. The van der Waals surface area contributed by atoms with E-state index in [1.165, 1.54) is 27.4 Å². The van der Waals surface area contributed by atoms with Crippen molar-refractivity contribution in [3.05, 3.63) is 53.1 Å². The lowest BCUT2D eigenvalue weighted by Crippen LogP contribution is -2.30. The van der Waals surface area contributed by atoms with Gasteiger partial charge in [-0.3, -0.25) is 14.4 Å². The maximum Gasteiger partial charge on any atom is 0.317 e. The molecule has 152 valence electrons. The summed E-state index contributed by atoms with van der Waals surface area (Å²) >= 11 is 0. The van der Waals surface area contributed by atoms with E-state index >= 15 is 0 Å². The van der Waals surface area contributed by atoms with Crippen LogP contribution in [0.2, 0.25) is 0 Å². The zero-order valence-corrected chi connectivity index (χ0v) is 16.7. The first-order chi connectivity index (χ1) is 14.0. The summed E-state index contributed by atoms with van der Waals surface area (Å²) in [6, 6.07) is 9.60. The fraction of sp³-hybridized carbons (Fsp3) is 0.318. The fourth-order valence-corrected chi connectivity index (χ4v) is 3.57. The van der Waals surface area contributed by atoms with Crippen LogP contribution >= 0.6 is 0 Å². The van der Waals surface area contributed by atoms with Gasteiger partial charge >= 0.3 is 5.97 Å². The second-order valence-corrected chi connectivity index (χ2v) is 6.46. The molecule has 3 rings (SSSR count). The number of Topliss-reactive ketones (excluding diaryl/α,β-unsaturated/α-hetero) is 2. The summed E-state index contributed by atoms with van der Waals surface area (Å²) < 4.78 is 20.8. The van der Waals surface area contributed by atoms with E-state index in [-0.39, 0.29) is 18.0 Å². The predicted octanol–water partition coefficient (Wildman–Crippen LogP) is 3.05. The van der Waals surface area contributed by atoms with Crippen molar-refractivity contribution >= 4 is 17.5 Å². The highest BCUT2D eigenvalue weighted by molar-refractivity contribution is 6.20. The molecule has 2 atom stereocenters. The molecule has 0 radical (unpaired) electrons. The average Bonchev–Trinajstić information content (AvgIpc) is 3.03. The summed E-state index contributed by atoms with van der Waals surface area (Å²) in [6.07, 6.45) is 0. The van der Waals surface area contributed by atoms with Gasteiger partial charge in [-0.2, -0.15) is 0 Å². The first-order valence-corrected chi connectivity index (χ1v) is 9.11. The van der Waals surface area contributed by atoms with E-state index in [0.29, 0.717) is 28.4 Å². The van der Waals surface area contributed by atoms with E-state index in [1.807, 2.05) is 0 Å². The van der Waals surface area contributed by atoms with Crippen LogP contribution in [0.1, 0.15) is 39.1 Å². The molecule has 0 N–H and O–H groups in total. The highest BCUT2D eigenvalue weighted by Gasteiger charge is 2.49. The van der Waals surface area contributed by atoms with Gasteiger partial charge in [0.15, 0.2) is 23.1 Å². The number of ether oxygens (including phenoxy) is 4. The normalized spacial score (nSPS) is 17.4. The standard InChI is InChI=1S/C22H22O7/c1-5-29-22(25)19-18(20(23)12-6-8-13(26-2)9-7-12)14-10-16(27-3)17(28-4)11-15(14)21(19)24/h6-11,18-19H,5H2,1-4H3/t18-,19+/m1/s1. The Morgan fingerprint density at radius 3 is 2.07 bits per heavy atom. The minimum atomic E-state index is -1.25.